The largest absolute Gasteiger partial charge is 2.00 e. The van der Waals surface area contributed by atoms with Crippen molar-refractivity contribution in [3.63, 3.8) is 0 Å². The fraction of sp³-hybridized carbons (Fsp3) is 0.538. The average molecular weight is 1030 g/mol. The predicted octanol–water partition coefficient (Wildman–Crippen LogP) is 18.9. The Morgan fingerprint density at radius 2 is 0.453 bits per heavy atom. The van der Waals surface area contributed by atoms with E-state index < -0.39 is 31.7 Å². The van der Waals surface area contributed by atoms with Gasteiger partial charge in [0.25, 0.3) is 0 Å². The summed E-state index contributed by atoms with van der Waals surface area (Å²) >= 11 is 0. The molecular weight excluding hydrogens is 940 g/mol. The van der Waals surface area contributed by atoms with Crippen molar-refractivity contribution in [2.75, 3.05) is 25.1 Å². The van der Waals surface area contributed by atoms with Crippen LogP contribution in [0, 0.1) is 0 Å². The zero-order valence-corrected chi connectivity index (χ0v) is 48.7. The second kappa shape index (κ2) is 31.5. The first-order chi connectivity index (χ1) is 29.4. The van der Waals surface area contributed by atoms with Crippen LogP contribution >= 0.6 is 31.7 Å². The molecular formula is C52H84Cr2N4O2P4+4. The van der Waals surface area contributed by atoms with Crippen LogP contribution in [0.15, 0.2) is 97.1 Å². The number of hydrogen-bond acceptors (Lipinski definition) is 2. The first kappa shape index (κ1) is 60.5. The minimum atomic E-state index is -0.544. The van der Waals surface area contributed by atoms with Gasteiger partial charge in [-0.25, -0.2) is 0 Å². The minimum Gasteiger partial charge on any atom is -0.649 e. The Labute approximate surface area is 418 Å². The van der Waals surface area contributed by atoms with Gasteiger partial charge >= 0.3 is 34.7 Å². The monoisotopic (exact) mass is 1020 g/mol. The second-order valence-electron chi connectivity index (χ2n) is 18.9. The van der Waals surface area contributed by atoms with Gasteiger partial charge < -0.3 is 30.7 Å². The van der Waals surface area contributed by atoms with E-state index in [-0.39, 0.29) is 34.7 Å². The number of nitrogens with zero attached hydrogens (tertiary/aromatic N) is 4. The molecule has 0 aliphatic heterocycles. The Morgan fingerprint density at radius 3 is 0.609 bits per heavy atom. The molecule has 0 radical (unpaired) electrons. The molecule has 0 bridgehead atoms. The summed E-state index contributed by atoms with van der Waals surface area (Å²) in [7, 11) is -2.18. The van der Waals surface area contributed by atoms with Crippen molar-refractivity contribution in [2.45, 2.75) is 156 Å². The third-order valence-electron chi connectivity index (χ3n) is 11.6. The van der Waals surface area contributed by atoms with Crippen molar-refractivity contribution in [3.05, 3.63) is 118 Å². The van der Waals surface area contributed by atoms with Crippen LogP contribution in [0.25, 0.3) is 21.3 Å². The summed E-state index contributed by atoms with van der Waals surface area (Å²) in [6, 6.07) is 32.6. The average Bonchev–Trinajstić information content (AvgIpc) is 3.20. The first-order valence-electron chi connectivity index (χ1n) is 23.2. The van der Waals surface area contributed by atoms with E-state index in [0.29, 0.717) is 45.3 Å². The first-order valence-corrected chi connectivity index (χ1v) is 30.7. The number of benzene rings is 4. The maximum Gasteiger partial charge on any atom is 2.00 e. The van der Waals surface area contributed by atoms with Gasteiger partial charge in [-0.1, -0.05) is 95.5 Å². The summed E-state index contributed by atoms with van der Waals surface area (Å²) in [4.78, 5) is 0. The Kier molecular flexibility index (Phi) is 29.8. The van der Waals surface area contributed by atoms with Crippen LogP contribution in [-0.2, 0) is 34.7 Å². The van der Waals surface area contributed by atoms with Crippen molar-refractivity contribution >= 4 is 54.4 Å². The maximum absolute atomic E-state index is 6.38. The minimum absolute atomic E-state index is 0. The van der Waals surface area contributed by atoms with Gasteiger partial charge in [-0.3, -0.25) is 0 Å². The Bertz CT molecular complexity index is 1570. The molecule has 0 N–H and O–H groups in total. The van der Waals surface area contributed by atoms with Gasteiger partial charge in [0, 0.05) is 0 Å². The molecule has 4 aromatic carbocycles. The third-order valence-corrected chi connectivity index (χ3v) is 25.5. The molecule has 0 heterocycles. The van der Waals surface area contributed by atoms with Gasteiger partial charge in [0.15, 0.2) is 0 Å². The van der Waals surface area contributed by atoms with Crippen molar-refractivity contribution in [2.24, 2.45) is 0 Å². The van der Waals surface area contributed by atoms with Crippen LogP contribution in [0.4, 0.5) is 22.7 Å². The quantitative estimate of drug-likeness (QED) is 0.0656. The number of rotatable bonds is 24. The molecule has 12 heteroatoms. The van der Waals surface area contributed by atoms with E-state index in [2.05, 4.69) is 135 Å². The topological polar surface area (TPSA) is 74.9 Å². The fourth-order valence-electron chi connectivity index (χ4n) is 7.77. The molecule has 0 saturated heterocycles. The van der Waals surface area contributed by atoms with Crippen molar-refractivity contribution in [1.82, 2.24) is 0 Å². The van der Waals surface area contributed by atoms with E-state index >= 15 is 0 Å². The molecule has 0 unspecified atom stereocenters. The molecule has 0 aliphatic rings. The fourth-order valence-corrected chi connectivity index (χ4v) is 17.4. The Balaban J connectivity index is 0.000000621. The van der Waals surface area contributed by atoms with E-state index in [1.165, 1.54) is 0 Å². The Hall–Kier alpha value is -1.54. The SMILES string of the molecule is CC(C)[PH+](C[N-]c1ccccc1Oc1ccccc1[N-]C[PH+](C(C)C)C(C)C)C(C)C.CC(C)[PH+](C[N-]c1ccccc1Oc1ccccc1[N-]C[PH+](C(C)C)C(C)C)C(C)C.[Cr+2].[Cr+2]. The normalized spacial score (nSPS) is 11.6. The summed E-state index contributed by atoms with van der Waals surface area (Å²) in [5.41, 5.74) is 9.42. The maximum atomic E-state index is 6.38. The molecule has 4 rings (SSSR count). The number of ether oxygens (including phenoxy) is 2. The molecule has 0 aliphatic carbocycles. The van der Waals surface area contributed by atoms with Gasteiger partial charge in [0.1, 0.15) is 23.0 Å². The smallest absolute Gasteiger partial charge is 0.649 e. The Morgan fingerprint density at radius 1 is 0.297 bits per heavy atom. The van der Waals surface area contributed by atoms with Gasteiger partial charge in [0.05, 0.1) is 45.3 Å². The molecule has 352 valence electrons. The number of hydrogen-bond donors (Lipinski definition) is 0. The van der Waals surface area contributed by atoms with E-state index in [1.54, 1.807) is 0 Å². The molecule has 0 aromatic heterocycles. The molecule has 0 spiro atoms. The van der Waals surface area contributed by atoms with Crippen molar-refractivity contribution in [3.8, 4) is 23.0 Å². The molecule has 0 fully saturated rings. The van der Waals surface area contributed by atoms with E-state index in [1.807, 2.05) is 72.8 Å². The van der Waals surface area contributed by atoms with Crippen LogP contribution in [0.1, 0.15) is 111 Å². The summed E-state index contributed by atoms with van der Waals surface area (Å²) in [6.45, 7) is 37.2. The van der Waals surface area contributed by atoms with Crippen LogP contribution in [-0.4, -0.2) is 70.4 Å². The van der Waals surface area contributed by atoms with Crippen molar-refractivity contribution < 1.29 is 44.2 Å². The standard InChI is InChI=1S/2C26H40N2OP2.2Cr/c2*1-19(2)30(20(3)4)17-27-23-13-9-11-15-25(23)29-26-16-12-10-14-24(26)28-18-31(21(5)6)22(7)8;;/h2*9-16,19-22H,17-18H2,1-8H3;;/q2*-2;2*+2/p+4. The second-order valence-corrected chi connectivity index (χ2v) is 34.0. The number of para-hydroxylation sites is 8. The molecule has 4 aromatic rings. The van der Waals surface area contributed by atoms with Crippen LogP contribution < -0.4 is 9.47 Å². The summed E-state index contributed by atoms with van der Waals surface area (Å²) < 4.78 is 12.8. The summed E-state index contributed by atoms with van der Waals surface area (Å²) in [5.74, 6) is 3.27. The third kappa shape index (κ3) is 20.4. The van der Waals surface area contributed by atoms with E-state index in [4.69, 9.17) is 30.7 Å². The van der Waals surface area contributed by atoms with Gasteiger partial charge in [-0.05, 0) is 192 Å². The summed E-state index contributed by atoms with van der Waals surface area (Å²) in [6.07, 6.45) is 3.67. The van der Waals surface area contributed by atoms with Crippen LogP contribution in [0.5, 0.6) is 23.0 Å². The molecule has 0 atom stereocenters. The van der Waals surface area contributed by atoms with Crippen molar-refractivity contribution in [1.29, 1.82) is 0 Å². The van der Waals surface area contributed by atoms with Gasteiger partial charge in [-0.2, -0.15) is 0 Å². The molecule has 6 nitrogen and oxygen atoms in total. The van der Waals surface area contributed by atoms with E-state index in [9.17, 15) is 0 Å². The summed E-state index contributed by atoms with van der Waals surface area (Å²) in [5, 5.41) is 20.0. The van der Waals surface area contributed by atoms with Gasteiger partial charge in [-0.15, -0.1) is 0 Å². The van der Waals surface area contributed by atoms with Crippen LogP contribution in [0.3, 0.4) is 0 Å². The molecule has 0 amide bonds. The zero-order valence-electron chi connectivity index (χ0n) is 42.1. The van der Waals surface area contributed by atoms with Gasteiger partial charge in [0.2, 0.25) is 0 Å². The van der Waals surface area contributed by atoms with Crippen LogP contribution in [0.2, 0.25) is 0 Å². The zero-order chi connectivity index (χ0) is 45.9. The molecule has 64 heavy (non-hydrogen) atoms. The van der Waals surface area contributed by atoms with E-state index in [0.717, 1.165) is 70.9 Å². The predicted molar refractivity (Wildman–Crippen MR) is 292 cm³/mol. The molecule has 0 saturated carbocycles.